The van der Waals surface area contributed by atoms with Crippen LogP contribution in [0.2, 0.25) is 0 Å². The van der Waals surface area contributed by atoms with E-state index in [0.717, 1.165) is 27.3 Å². The van der Waals surface area contributed by atoms with Crippen molar-refractivity contribution in [2.24, 2.45) is 0 Å². The van der Waals surface area contributed by atoms with Gasteiger partial charge in [-0.25, -0.2) is 4.98 Å². The maximum Gasteiger partial charge on any atom is 0.260 e. The summed E-state index contributed by atoms with van der Waals surface area (Å²) in [6.45, 7) is 4.02. The highest BCUT2D eigenvalue weighted by atomic mass is 32.1. The molecule has 0 radical (unpaired) electrons. The summed E-state index contributed by atoms with van der Waals surface area (Å²) in [5.74, 6) is -0.226. The summed E-state index contributed by atoms with van der Waals surface area (Å²) in [5, 5.41) is 18.9. The van der Waals surface area contributed by atoms with E-state index < -0.39 is 6.10 Å². The van der Waals surface area contributed by atoms with Gasteiger partial charge in [0.2, 0.25) is 0 Å². The Morgan fingerprint density at radius 2 is 2.33 bits per heavy atom. The zero-order chi connectivity index (χ0) is 17.3. The zero-order valence-corrected chi connectivity index (χ0v) is 14.5. The molecular weight excluding hydrogens is 326 g/mol. The van der Waals surface area contributed by atoms with Crippen molar-refractivity contribution in [2.75, 3.05) is 18.2 Å². The minimum Gasteiger partial charge on any atom is -0.393 e. The van der Waals surface area contributed by atoms with Crippen LogP contribution in [-0.4, -0.2) is 35.4 Å². The number of hydrogen-bond acceptors (Lipinski definition) is 6. The van der Waals surface area contributed by atoms with Crippen molar-refractivity contribution >= 4 is 33.1 Å². The number of nitriles is 1. The third-order valence-corrected chi connectivity index (χ3v) is 5.62. The number of aromatic nitrogens is 1. The highest BCUT2D eigenvalue weighted by Gasteiger charge is 2.33. The van der Waals surface area contributed by atoms with Crippen LogP contribution in [0, 0.1) is 11.3 Å². The molecule has 3 rings (SSSR count). The van der Waals surface area contributed by atoms with E-state index >= 15 is 0 Å². The van der Waals surface area contributed by atoms with Crippen LogP contribution in [0.5, 0.6) is 0 Å². The lowest BCUT2D eigenvalue weighted by Crippen LogP contribution is -2.31. The van der Waals surface area contributed by atoms with Crippen molar-refractivity contribution < 1.29 is 14.6 Å². The molecule has 1 atom stereocenters. The number of amides is 1. The second kappa shape index (κ2) is 6.48. The van der Waals surface area contributed by atoms with Crippen LogP contribution in [0.15, 0.2) is 18.2 Å². The van der Waals surface area contributed by atoms with E-state index in [-0.39, 0.29) is 24.7 Å². The van der Waals surface area contributed by atoms with E-state index in [4.69, 9.17) is 15.1 Å². The Kier molecular flexibility index (Phi) is 4.54. The molecule has 24 heavy (non-hydrogen) atoms. The first kappa shape index (κ1) is 16.8. The highest BCUT2D eigenvalue weighted by molar-refractivity contribution is 7.18. The van der Waals surface area contributed by atoms with E-state index in [1.165, 1.54) is 4.90 Å². The number of hydrogen-bond donors (Lipinski definition) is 1. The molecular formula is C17H19N3O3S. The summed E-state index contributed by atoms with van der Waals surface area (Å²) >= 11 is 1.59. The van der Waals surface area contributed by atoms with Crippen molar-refractivity contribution in [1.29, 1.82) is 5.26 Å². The van der Waals surface area contributed by atoms with Crippen LogP contribution < -0.4 is 4.90 Å². The Morgan fingerprint density at radius 1 is 1.54 bits per heavy atom. The maximum absolute atomic E-state index is 12.2. The van der Waals surface area contributed by atoms with E-state index in [9.17, 15) is 4.79 Å². The number of ether oxygens (including phenoxy) is 1. The van der Waals surface area contributed by atoms with Gasteiger partial charge in [-0.1, -0.05) is 13.8 Å². The predicted molar refractivity (Wildman–Crippen MR) is 91.8 cm³/mol. The topological polar surface area (TPSA) is 86.5 Å². The summed E-state index contributed by atoms with van der Waals surface area (Å²) in [6, 6.07) is 7.85. The molecule has 0 saturated carbocycles. The summed E-state index contributed by atoms with van der Waals surface area (Å²) in [4.78, 5) is 18.4. The quantitative estimate of drug-likeness (QED) is 0.900. The number of carbonyl (C=O) groups excluding carboxylic acids is 1. The number of nitrogens with zero attached hydrogens (tertiary/aromatic N) is 3. The number of aliphatic hydroxyl groups excluding tert-OH is 1. The molecule has 7 heteroatoms. The van der Waals surface area contributed by atoms with Gasteiger partial charge in [-0.3, -0.25) is 9.69 Å². The lowest BCUT2D eigenvalue weighted by atomic mass is 9.89. The van der Waals surface area contributed by atoms with Crippen molar-refractivity contribution in [2.45, 2.75) is 38.2 Å². The number of fused-ring (bicyclic) bond motifs is 1. The summed E-state index contributed by atoms with van der Waals surface area (Å²) in [5.41, 5.74) is 1.47. The predicted octanol–water partition coefficient (Wildman–Crippen LogP) is 2.56. The van der Waals surface area contributed by atoms with E-state index in [0.29, 0.717) is 6.42 Å². The average Bonchev–Trinajstić information content (AvgIpc) is 3.15. The fourth-order valence-electron chi connectivity index (χ4n) is 2.65. The van der Waals surface area contributed by atoms with Gasteiger partial charge in [-0.05, 0) is 24.6 Å². The average molecular weight is 345 g/mol. The molecule has 0 spiro atoms. The Morgan fingerprint density at radius 3 is 3.00 bits per heavy atom. The van der Waals surface area contributed by atoms with Gasteiger partial charge >= 0.3 is 0 Å². The van der Waals surface area contributed by atoms with Crippen molar-refractivity contribution in [1.82, 2.24) is 4.98 Å². The van der Waals surface area contributed by atoms with Gasteiger partial charge in [-0.2, -0.15) is 5.26 Å². The number of anilines is 1. The van der Waals surface area contributed by atoms with Gasteiger partial charge < -0.3 is 9.84 Å². The monoisotopic (exact) mass is 345 g/mol. The molecule has 1 aromatic heterocycles. The molecule has 1 aliphatic heterocycles. The number of aliphatic hydroxyl groups is 1. The third-order valence-electron chi connectivity index (χ3n) is 4.24. The van der Waals surface area contributed by atoms with Gasteiger partial charge in [0.25, 0.3) is 5.91 Å². The lowest BCUT2D eigenvalue weighted by molar-refractivity contribution is -0.123. The molecule has 126 valence electrons. The number of thiazole rings is 1. The van der Waals surface area contributed by atoms with Crippen molar-refractivity contribution in [3.8, 4) is 6.07 Å². The van der Waals surface area contributed by atoms with Crippen LogP contribution in [0.25, 0.3) is 10.2 Å². The normalized spacial score (nSPS) is 18.3. The van der Waals surface area contributed by atoms with Crippen LogP contribution in [0.4, 0.5) is 5.69 Å². The fraction of sp³-hybridized carbons (Fsp3) is 0.471. The largest absolute Gasteiger partial charge is 0.393 e. The molecule has 0 unspecified atom stereocenters. The summed E-state index contributed by atoms with van der Waals surface area (Å²) < 4.78 is 6.27. The molecule has 1 N–H and O–H groups in total. The number of rotatable bonds is 5. The first-order valence-electron chi connectivity index (χ1n) is 7.78. The maximum atomic E-state index is 12.2. The van der Waals surface area contributed by atoms with Crippen LogP contribution >= 0.6 is 11.3 Å². The Bertz CT molecular complexity index is 809. The zero-order valence-electron chi connectivity index (χ0n) is 13.7. The van der Waals surface area contributed by atoms with Crippen LogP contribution in [0.1, 0.15) is 31.7 Å². The SMILES string of the molecule is CC(C)(CCC#N)c1nc2ccc(N3CO[C@H](CO)C3=O)cc2s1. The number of carbonyl (C=O) groups is 1. The second-order valence-electron chi connectivity index (χ2n) is 6.45. The molecule has 0 aliphatic carbocycles. The minimum atomic E-state index is -0.775. The molecule has 1 aromatic carbocycles. The molecule has 1 saturated heterocycles. The smallest absolute Gasteiger partial charge is 0.260 e. The van der Waals surface area contributed by atoms with Gasteiger partial charge in [0.05, 0.1) is 27.9 Å². The van der Waals surface area contributed by atoms with Crippen molar-refractivity contribution in [3.63, 3.8) is 0 Å². The molecule has 2 heterocycles. The van der Waals surface area contributed by atoms with Crippen LogP contribution in [0.3, 0.4) is 0 Å². The summed E-state index contributed by atoms with van der Waals surface area (Å²) in [6.07, 6.45) is 0.478. The lowest BCUT2D eigenvalue weighted by Gasteiger charge is -2.19. The first-order valence-corrected chi connectivity index (χ1v) is 8.60. The molecule has 1 amide bonds. The Hall–Kier alpha value is -2.01. The number of benzene rings is 1. The molecule has 1 fully saturated rings. The van der Waals surface area contributed by atoms with Gasteiger partial charge in [0.15, 0.2) is 6.10 Å². The van der Waals surface area contributed by atoms with Gasteiger partial charge in [0.1, 0.15) is 6.73 Å². The van der Waals surface area contributed by atoms with Crippen LogP contribution in [-0.2, 0) is 14.9 Å². The molecule has 1 aliphatic rings. The van der Waals surface area contributed by atoms with E-state index in [1.54, 1.807) is 11.3 Å². The first-order chi connectivity index (χ1) is 11.5. The van der Waals surface area contributed by atoms with Gasteiger partial charge in [0, 0.05) is 17.5 Å². The Balaban J connectivity index is 1.90. The molecule has 0 bridgehead atoms. The third kappa shape index (κ3) is 3.00. The molecule has 2 aromatic rings. The second-order valence-corrected chi connectivity index (χ2v) is 7.48. The van der Waals surface area contributed by atoms with Crippen molar-refractivity contribution in [3.05, 3.63) is 23.2 Å². The Labute approximate surface area is 144 Å². The molecule has 6 nitrogen and oxygen atoms in total. The summed E-state index contributed by atoms with van der Waals surface area (Å²) in [7, 11) is 0. The minimum absolute atomic E-state index is 0.148. The van der Waals surface area contributed by atoms with E-state index in [2.05, 4.69) is 24.9 Å². The van der Waals surface area contributed by atoms with E-state index in [1.807, 2.05) is 18.2 Å². The van der Waals surface area contributed by atoms with Gasteiger partial charge in [-0.15, -0.1) is 11.3 Å². The highest BCUT2D eigenvalue weighted by Crippen LogP contribution is 2.36. The fourth-order valence-corrected chi connectivity index (χ4v) is 3.78. The standard InChI is InChI=1S/C17H19N3O3S/c1-17(2,6-3-7-18)16-19-12-5-4-11(8-14(12)24-16)20-10-23-13(9-21)15(20)22/h4-5,8,13,21H,3,6,9-10H2,1-2H3/t13-/m1/s1.